The molecule has 8 nitrogen and oxygen atoms in total. The summed E-state index contributed by atoms with van der Waals surface area (Å²) in [5.41, 5.74) is 2.23. The fraction of sp³-hybridized carbons (Fsp3) is 0.273. The van der Waals surface area contributed by atoms with Gasteiger partial charge in [0, 0.05) is 11.8 Å². The number of aromatic hydroxyl groups is 1. The molecule has 164 valence electrons. The lowest BCUT2D eigenvalue weighted by molar-refractivity contribution is -0.113. The van der Waals surface area contributed by atoms with Gasteiger partial charge in [-0.1, -0.05) is 6.07 Å². The number of thiocarbonyl (C=S) groups is 1. The second-order valence-electron chi connectivity index (χ2n) is 6.75. The van der Waals surface area contributed by atoms with Gasteiger partial charge in [-0.2, -0.15) is 0 Å². The van der Waals surface area contributed by atoms with Crippen molar-refractivity contribution >= 4 is 28.9 Å². The van der Waals surface area contributed by atoms with Crippen LogP contribution in [0.15, 0.2) is 47.7 Å². The quantitative estimate of drug-likeness (QED) is 0.484. The summed E-state index contributed by atoms with van der Waals surface area (Å²) in [7, 11) is 3.07. The van der Waals surface area contributed by atoms with Crippen molar-refractivity contribution in [1.29, 1.82) is 0 Å². The number of methoxy groups -OCH3 is 2. The molecular weight excluding hydrogens is 418 g/mol. The largest absolute Gasteiger partial charge is 0.504 e. The summed E-state index contributed by atoms with van der Waals surface area (Å²) in [5.74, 6) is 1.09. The molecule has 3 rings (SSSR count). The number of phenols is 1. The summed E-state index contributed by atoms with van der Waals surface area (Å²) in [6.45, 7) is 4.00. The number of hydrogen-bond donors (Lipinski definition) is 4. The minimum absolute atomic E-state index is 0.0231. The lowest BCUT2D eigenvalue weighted by Crippen LogP contribution is -2.45. The average molecular weight is 444 g/mol. The van der Waals surface area contributed by atoms with E-state index in [1.54, 1.807) is 44.4 Å². The van der Waals surface area contributed by atoms with Gasteiger partial charge in [0.15, 0.2) is 16.6 Å². The molecule has 0 fully saturated rings. The van der Waals surface area contributed by atoms with Crippen LogP contribution in [0.5, 0.6) is 23.0 Å². The number of amides is 1. The predicted molar refractivity (Wildman–Crippen MR) is 122 cm³/mol. The van der Waals surface area contributed by atoms with Crippen LogP contribution in [-0.2, 0) is 4.79 Å². The highest BCUT2D eigenvalue weighted by atomic mass is 32.1. The zero-order valence-corrected chi connectivity index (χ0v) is 18.6. The first-order valence-electron chi connectivity index (χ1n) is 9.65. The Morgan fingerprint density at radius 2 is 1.94 bits per heavy atom. The van der Waals surface area contributed by atoms with Crippen molar-refractivity contribution in [2.75, 3.05) is 26.1 Å². The Morgan fingerprint density at radius 3 is 2.61 bits per heavy atom. The van der Waals surface area contributed by atoms with Crippen LogP contribution in [-0.4, -0.2) is 37.0 Å². The summed E-state index contributed by atoms with van der Waals surface area (Å²) in [5, 5.41) is 19.5. The summed E-state index contributed by atoms with van der Waals surface area (Å²) in [6, 6.07) is 9.54. The van der Waals surface area contributed by atoms with Crippen molar-refractivity contribution in [3.63, 3.8) is 0 Å². The van der Waals surface area contributed by atoms with Crippen molar-refractivity contribution in [3.05, 3.63) is 53.2 Å². The topological polar surface area (TPSA) is 101 Å². The van der Waals surface area contributed by atoms with E-state index in [9.17, 15) is 9.90 Å². The molecule has 0 radical (unpaired) electrons. The number of carbonyl (C=O) groups excluding carboxylic acids is 1. The third kappa shape index (κ3) is 4.83. The molecule has 4 N–H and O–H groups in total. The van der Waals surface area contributed by atoms with E-state index in [1.165, 1.54) is 13.2 Å². The van der Waals surface area contributed by atoms with E-state index >= 15 is 0 Å². The van der Waals surface area contributed by atoms with E-state index in [0.717, 1.165) is 0 Å². The van der Waals surface area contributed by atoms with Gasteiger partial charge in [-0.3, -0.25) is 4.79 Å². The Kier molecular flexibility index (Phi) is 6.86. The molecule has 1 atom stereocenters. The number of anilines is 1. The van der Waals surface area contributed by atoms with Gasteiger partial charge >= 0.3 is 0 Å². The van der Waals surface area contributed by atoms with Crippen LogP contribution in [0.2, 0.25) is 0 Å². The summed E-state index contributed by atoms with van der Waals surface area (Å²) < 4.78 is 16.1. The minimum Gasteiger partial charge on any atom is -0.504 e. The SMILES string of the molecule is CCOc1cc(C2NC(=S)NC(C)=C2C(=O)Nc2cc(OC)ccc2OC)ccc1O. The van der Waals surface area contributed by atoms with Gasteiger partial charge in [0.2, 0.25) is 0 Å². The molecule has 2 aromatic carbocycles. The Labute approximate surface area is 186 Å². The summed E-state index contributed by atoms with van der Waals surface area (Å²) in [6.07, 6.45) is 0. The molecule has 1 unspecified atom stereocenters. The number of nitrogens with one attached hydrogen (secondary N) is 3. The summed E-state index contributed by atoms with van der Waals surface area (Å²) in [4.78, 5) is 13.3. The normalized spacial score (nSPS) is 15.6. The molecule has 1 aliphatic heterocycles. The first kappa shape index (κ1) is 22.2. The monoisotopic (exact) mass is 443 g/mol. The zero-order chi connectivity index (χ0) is 22.5. The number of carbonyl (C=O) groups is 1. The van der Waals surface area contributed by atoms with Gasteiger partial charge in [0.1, 0.15) is 11.5 Å². The van der Waals surface area contributed by atoms with Gasteiger partial charge in [-0.05, 0) is 55.9 Å². The molecule has 9 heteroatoms. The fourth-order valence-electron chi connectivity index (χ4n) is 3.33. The third-order valence-corrected chi connectivity index (χ3v) is 5.01. The van der Waals surface area contributed by atoms with Gasteiger partial charge < -0.3 is 35.3 Å². The van der Waals surface area contributed by atoms with Crippen LogP contribution in [0.1, 0.15) is 25.5 Å². The Bertz CT molecular complexity index is 1040. The number of hydrogen-bond acceptors (Lipinski definition) is 6. The van der Waals surface area contributed by atoms with Gasteiger partial charge in [-0.25, -0.2) is 0 Å². The number of allylic oxidation sites excluding steroid dienone is 1. The van der Waals surface area contributed by atoms with E-state index in [-0.39, 0.29) is 11.7 Å². The molecule has 0 aliphatic carbocycles. The molecule has 2 aromatic rings. The van der Waals surface area contributed by atoms with Crippen molar-refractivity contribution in [2.24, 2.45) is 0 Å². The molecule has 0 saturated heterocycles. The average Bonchev–Trinajstić information content (AvgIpc) is 2.74. The zero-order valence-electron chi connectivity index (χ0n) is 17.7. The highest BCUT2D eigenvalue weighted by Gasteiger charge is 2.31. The first-order chi connectivity index (χ1) is 14.9. The van der Waals surface area contributed by atoms with Crippen LogP contribution in [0, 0.1) is 0 Å². The van der Waals surface area contributed by atoms with E-state index < -0.39 is 6.04 Å². The van der Waals surface area contributed by atoms with E-state index in [0.29, 0.717) is 51.5 Å². The Hall–Kier alpha value is -3.46. The molecule has 0 bridgehead atoms. The smallest absolute Gasteiger partial charge is 0.255 e. The maximum atomic E-state index is 13.3. The van der Waals surface area contributed by atoms with Crippen LogP contribution in [0.4, 0.5) is 5.69 Å². The second kappa shape index (κ2) is 9.57. The molecule has 0 saturated carbocycles. The molecule has 0 aromatic heterocycles. The third-order valence-electron chi connectivity index (χ3n) is 4.79. The summed E-state index contributed by atoms with van der Waals surface area (Å²) >= 11 is 5.31. The molecular formula is C22H25N3O5S. The highest BCUT2D eigenvalue weighted by molar-refractivity contribution is 7.80. The van der Waals surface area contributed by atoms with E-state index in [4.69, 9.17) is 26.4 Å². The molecule has 1 aliphatic rings. The van der Waals surface area contributed by atoms with Gasteiger partial charge in [0.25, 0.3) is 5.91 Å². The molecule has 1 heterocycles. The van der Waals surface area contributed by atoms with Gasteiger partial charge in [-0.15, -0.1) is 0 Å². The van der Waals surface area contributed by atoms with Gasteiger partial charge in [0.05, 0.1) is 38.1 Å². The molecule has 0 spiro atoms. The second-order valence-corrected chi connectivity index (χ2v) is 7.16. The van der Waals surface area contributed by atoms with Crippen molar-refractivity contribution in [1.82, 2.24) is 10.6 Å². The van der Waals surface area contributed by atoms with Crippen molar-refractivity contribution < 1.29 is 24.1 Å². The number of rotatable bonds is 7. The van der Waals surface area contributed by atoms with Crippen LogP contribution >= 0.6 is 12.2 Å². The lowest BCUT2D eigenvalue weighted by Gasteiger charge is -2.30. The van der Waals surface area contributed by atoms with E-state index in [2.05, 4.69) is 16.0 Å². The fourth-order valence-corrected chi connectivity index (χ4v) is 3.60. The predicted octanol–water partition coefficient (Wildman–Crippen LogP) is 3.24. The minimum atomic E-state index is -0.551. The number of phenolic OH excluding ortho intramolecular Hbond substituents is 1. The van der Waals surface area contributed by atoms with Crippen LogP contribution in [0.25, 0.3) is 0 Å². The number of ether oxygens (including phenoxy) is 3. The van der Waals surface area contributed by atoms with Crippen molar-refractivity contribution in [3.8, 4) is 23.0 Å². The Balaban J connectivity index is 1.99. The first-order valence-corrected chi connectivity index (χ1v) is 10.1. The molecule has 1 amide bonds. The van der Waals surface area contributed by atoms with Crippen LogP contribution < -0.4 is 30.2 Å². The highest BCUT2D eigenvalue weighted by Crippen LogP contribution is 2.35. The van der Waals surface area contributed by atoms with E-state index in [1.807, 2.05) is 6.92 Å². The van der Waals surface area contributed by atoms with Crippen molar-refractivity contribution in [2.45, 2.75) is 19.9 Å². The molecule has 31 heavy (non-hydrogen) atoms. The lowest BCUT2D eigenvalue weighted by atomic mass is 9.94. The number of benzene rings is 2. The standard InChI is InChI=1S/C22H25N3O5S/c1-5-30-18-10-13(6-8-16(18)26)20-19(12(2)23-22(31)25-20)21(27)24-15-11-14(28-3)7-9-17(15)29-4/h6-11,20,26H,5H2,1-4H3,(H,24,27)(H2,23,25,31). The van der Waals surface area contributed by atoms with Crippen LogP contribution in [0.3, 0.4) is 0 Å². The maximum Gasteiger partial charge on any atom is 0.255 e. The maximum absolute atomic E-state index is 13.3. The Morgan fingerprint density at radius 1 is 1.16 bits per heavy atom.